The second-order valence-electron chi connectivity index (χ2n) is 6.77. The molecule has 1 saturated heterocycles. The van der Waals surface area contributed by atoms with Crippen molar-refractivity contribution in [2.45, 2.75) is 6.18 Å². The van der Waals surface area contributed by atoms with Crippen LogP contribution in [0.15, 0.2) is 66.9 Å². The van der Waals surface area contributed by atoms with E-state index in [9.17, 15) is 18.0 Å². The summed E-state index contributed by atoms with van der Waals surface area (Å²) in [5, 5.41) is 3.87. The first kappa shape index (κ1) is 19.0. The zero-order chi connectivity index (χ0) is 20.4. The molecule has 0 radical (unpaired) electrons. The van der Waals surface area contributed by atoms with Crippen LogP contribution in [0.2, 0.25) is 0 Å². The highest BCUT2D eigenvalue weighted by Gasteiger charge is 2.41. The fraction of sp³-hybridized carbons (Fsp3) is 0.238. The van der Waals surface area contributed by atoms with Gasteiger partial charge in [0.1, 0.15) is 0 Å². The minimum Gasteiger partial charge on any atom is -0.368 e. The molecule has 4 rings (SSSR count). The van der Waals surface area contributed by atoms with Crippen molar-refractivity contribution in [1.82, 2.24) is 14.7 Å². The Morgan fingerprint density at radius 3 is 1.93 bits per heavy atom. The highest BCUT2D eigenvalue weighted by molar-refractivity contribution is 5.95. The van der Waals surface area contributed by atoms with Gasteiger partial charge in [0.15, 0.2) is 5.69 Å². The number of aromatic nitrogens is 2. The zero-order valence-electron chi connectivity index (χ0n) is 15.5. The number of nitrogens with zero attached hydrogens (tertiary/aromatic N) is 4. The molecular weight excluding hydrogens is 381 g/mol. The number of benzene rings is 2. The summed E-state index contributed by atoms with van der Waals surface area (Å²) in [5.74, 6) is -0.646. The van der Waals surface area contributed by atoms with Crippen molar-refractivity contribution < 1.29 is 18.0 Å². The summed E-state index contributed by atoms with van der Waals surface area (Å²) < 4.78 is 42.2. The number of rotatable bonds is 3. The maximum atomic E-state index is 13.8. The molecule has 2 aromatic carbocycles. The van der Waals surface area contributed by atoms with Crippen molar-refractivity contribution in [3.63, 3.8) is 0 Å². The monoisotopic (exact) mass is 400 g/mol. The van der Waals surface area contributed by atoms with Crippen molar-refractivity contribution in [3.05, 3.63) is 78.1 Å². The molecule has 1 aliphatic heterocycles. The second kappa shape index (κ2) is 7.62. The maximum Gasteiger partial charge on any atom is 0.434 e. The van der Waals surface area contributed by atoms with E-state index in [1.807, 2.05) is 30.3 Å². The van der Waals surface area contributed by atoms with Crippen LogP contribution in [0.5, 0.6) is 0 Å². The first-order chi connectivity index (χ1) is 13.9. The van der Waals surface area contributed by atoms with Gasteiger partial charge in [-0.3, -0.25) is 4.79 Å². The van der Waals surface area contributed by atoms with Crippen molar-refractivity contribution in [3.8, 4) is 5.69 Å². The second-order valence-corrected chi connectivity index (χ2v) is 6.77. The van der Waals surface area contributed by atoms with Gasteiger partial charge in [0.25, 0.3) is 5.91 Å². The highest BCUT2D eigenvalue weighted by atomic mass is 19.4. The van der Waals surface area contributed by atoms with Crippen LogP contribution in [-0.2, 0) is 6.18 Å². The minimum absolute atomic E-state index is 0.257. The number of alkyl halides is 3. The van der Waals surface area contributed by atoms with Crippen LogP contribution in [0, 0.1) is 0 Å². The Kier molecular flexibility index (Phi) is 5.00. The Labute approximate surface area is 166 Å². The van der Waals surface area contributed by atoms with Gasteiger partial charge in [-0.05, 0) is 24.3 Å². The number of para-hydroxylation sites is 2. The van der Waals surface area contributed by atoms with Gasteiger partial charge in [0, 0.05) is 31.9 Å². The normalized spacial score (nSPS) is 14.9. The maximum absolute atomic E-state index is 13.8. The Morgan fingerprint density at radius 2 is 1.38 bits per heavy atom. The molecule has 0 saturated carbocycles. The lowest BCUT2D eigenvalue weighted by Crippen LogP contribution is -2.49. The lowest BCUT2D eigenvalue weighted by molar-refractivity contribution is -0.143. The molecule has 2 heterocycles. The summed E-state index contributed by atoms with van der Waals surface area (Å²) in [6, 6.07) is 17.7. The molecule has 1 aliphatic rings. The topological polar surface area (TPSA) is 41.4 Å². The lowest BCUT2D eigenvalue weighted by Gasteiger charge is -2.36. The fourth-order valence-electron chi connectivity index (χ4n) is 3.52. The molecule has 3 aromatic rings. The number of hydrogen-bond acceptors (Lipinski definition) is 3. The van der Waals surface area contributed by atoms with Crippen molar-refractivity contribution in [1.29, 1.82) is 0 Å². The summed E-state index contributed by atoms with van der Waals surface area (Å²) in [6.45, 7) is 1.82. The summed E-state index contributed by atoms with van der Waals surface area (Å²) in [4.78, 5) is 16.5. The number of carbonyl (C=O) groups is 1. The van der Waals surface area contributed by atoms with Gasteiger partial charge in [-0.15, -0.1) is 0 Å². The zero-order valence-corrected chi connectivity index (χ0v) is 15.5. The van der Waals surface area contributed by atoms with Gasteiger partial charge < -0.3 is 9.80 Å². The predicted molar refractivity (Wildman–Crippen MR) is 103 cm³/mol. The van der Waals surface area contributed by atoms with E-state index in [0.29, 0.717) is 26.2 Å². The van der Waals surface area contributed by atoms with E-state index < -0.39 is 23.3 Å². The summed E-state index contributed by atoms with van der Waals surface area (Å²) >= 11 is 0. The molecule has 5 nitrogen and oxygen atoms in total. The molecule has 0 aliphatic carbocycles. The smallest absolute Gasteiger partial charge is 0.368 e. The van der Waals surface area contributed by atoms with Gasteiger partial charge >= 0.3 is 6.18 Å². The third-order valence-electron chi connectivity index (χ3n) is 4.96. The van der Waals surface area contributed by atoms with Crippen LogP contribution in [0.4, 0.5) is 18.9 Å². The van der Waals surface area contributed by atoms with Crippen LogP contribution in [0.25, 0.3) is 5.69 Å². The van der Waals surface area contributed by atoms with Crippen molar-refractivity contribution >= 4 is 11.6 Å². The molecule has 1 aromatic heterocycles. The average Bonchev–Trinajstić information content (AvgIpc) is 3.20. The van der Waals surface area contributed by atoms with Gasteiger partial charge in [0.2, 0.25) is 0 Å². The molecule has 0 spiro atoms. The fourth-order valence-corrected chi connectivity index (χ4v) is 3.52. The van der Waals surface area contributed by atoms with E-state index >= 15 is 0 Å². The lowest BCUT2D eigenvalue weighted by atomic mass is 10.1. The van der Waals surface area contributed by atoms with Crippen LogP contribution in [0.3, 0.4) is 0 Å². The Morgan fingerprint density at radius 1 is 0.828 bits per heavy atom. The molecule has 0 atom stereocenters. The van der Waals surface area contributed by atoms with Crippen molar-refractivity contribution in [2.75, 3.05) is 31.1 Å². The van der Waals surface area contributed by atoms with Crippen LogP contribution < -0.4 is 4.90 Å². The van der Waals surface area contributed by atoms with Crippen molar-refractivity contribution in [2.24, 2.45) is 0 Å². The number of halogens is 3. The number of hydrogen-bond donors (Lipinski definition) is 0. The highest BCUT2D eigenvalue weighted by Crippen LogP contribution is 2.34. The molecule has 1 fully saturated rings. The van der Waals surface area contributed by atoms with Crippen LogP contribution in [0.1, 0.15) is 16.1 Å². The van der Waals surface area contributed by atoms with E-state index in [4.69, 9.17) is 0 Å². The Hall–Kier alpha value is -3.29. The molecule has 0 unspecified atom stereocenters. The Bertz CT molecular complexity index is 978. The van der Waals surface area contributed by atoms with Crippen LogP contribution >= 0.6 is 0 Å². The first-order valence-electron chi connectivity index (χ1n) is 9.25. The van der Waals surface area contributed by atoms with E-state index in [-0.39, 0.29) is 5.69 Å². The molecule has 29 heavy (non-hydrogen) atoms. The number of carbonyl (C=O) groups excluding carboxylic acids is 1. The van der Waals surface area contributed by atoms with Gasteiger partial charge in [0.05, 0.1) is 17.4 Å². The number of piperazine rings is 1. The average molecular weight is 400 g/mol. The molecule has 1 amide bonds. The van der Waals surface area contributed by atoms with E-state index in [2.05, 4.69) is 10.00 Å². The molecule has 8 heteroatoms. The standard InChI is InChI=1S/C21H19F3N4O/c22-21(23,24)19-18(15-25-28(19)17-9-5-2-6-10-17)20(29)27-13-11-26(12-14-27)16-7-3-1-4-8-16/h1-10,15H,11-14H2. The Balaban J connectivity index is 1.57. The van der Waals surface area contributed by atoms with E-state index in [1.54, 1.807) is 18.2 Å². The SMILES string of the molecule is O=C(c1cnn(-c2ccccc2)c1C(F)(F)F)N1CCN(c2ccccc2)CC1. The predicted octanol–water partition coefficient (Wildman–Crippen LogP) is 3.85. The van der Waals surface area contributed by atoms with E-state index in [0.717, 1.165) is 16.6 Å². The van der Waals surface area contributed by atoms with E-state index in [1.165, 1.54) is 17.0 Å². The van der Waals surface area contributed by atoms with Crippen LogP contribution in [-0.4, -0.2) is 46.8 Å². The molecule has 0 bridgehead atoms. The third-order valence-corrected chi connectivity index (χ3v) is 4.96. The number of anilines is 1. The quantitative estimate of drug-likeness (QED) is 0.671. The third kappa shape index (κ3) is 3.83. The number of amides is 1. The molecular formula is C21H19F3N4O. The first-order valence-corrected chi connectivity index (χ1v) is 9.25. The largest absolute Gasteiger partial charge is 0.434 e. The molecule has 150 valence electrons. The van der Waals surface area contributed by atoms with Gasteiger partial charge in [-0.2, -0.15) is 18.3 Å². The van der Waals surface area contributed by atoms with Gasteiger partial charge in [-0.1, -0.05) is 36.4 Å². The summed E-state index contributed by atoms with van der Waals surface area (Å²) in [6.07, 6.45) is -3.69. The summed E-state index contributed by atoms with van der Waals surface area (Å²) in [7, 11) is 0. The van der Waals surface area contributed by atoms with Gasteiger partial charge in [-0.25, -0.2) is 4.68 Å². The molecule has 0 N–H and O–H groups in total. The minimum atomic E-state index is -4.71. The summed E-state index contributed by atoms with van der Waals surface area (Å²) in [5.41, 5.74) is -0.172.